The molecule has 0 unspecified atom stereocenters. The molecule has 0 aliphatic rings. The maximum atomic E-state index is 12.4. The van der Waals surface area contributed by atoms with Crippen LogP contribution in [0.4, 0.5) is 17.3 Å². The number of carbonyl (C=O) groups excluding carboxylic acids is 1. The van der Waals surface area contributed by atoms with E-state index in [-0.39, 0.29) is 11.6 Å². The van der Waals surface area contributed by atoms with Crippen LogP contribution in [0.5, 0.6) is 11.5 Å². The third kappa shape index (κ3) is 4.52. The van der Waals surface area contributed by atoms with E-state index in [4.69, 9.17) is 9.47 Å². The topological polar surface area (TPSA) is 85.4 Å². The molecule has 7 nitrogen and oxygen atoms in total. The summed E-state index contributed by atoms with van der Waals surface area (Å²) in [7, 11) is 3.14. The molecule has 0 radical (unpaired) electrons. The highest BCUT2D eigenvalue weighted by Crippen LogP contribution is 2.30. The summed E-state index contributed by atoms with van der Waals surface area (Å²) in [6.45, 7) is 1.96. The molecule has 7 heteroatoms. The molecule has 0 saturated heterocycles. The van der Waals surface area contributed by atoms with Gasteiger partial charge in [0.15, 0.2) is 11.5 Å². The van der Waals surface area contributed by atoms with Crippen LogP contribution < -0.4 is 20.1 Å². The number of carbonyl (C=O) groups is 1. The Morgan fingerprint density at radius 1 is 0.963 bits per heavy atom. The highest BCUT2D eigenvalue weighted by atomic mass is 16.5. The zero-order valence-corrected chi connectivity index (χ0v) is 15.3. The SMILES string of the molecule is COc1ccc(Nc2nccc(C(=O)Nc3cccc(C)c3)n2)cc1OC. The standard InChI is InChI=1S/C20H20N4O3/c1-13-5-4-6-14(11-13)22-19(25)16-9-10-21-20(24-16)23-15-7-8-17(26-2)18(12-15)27-3/h4-12H,1-3H3,(H,22,25)(H,21,23,24). The lowest BCUT2D eigenvalue weighted by molar-refractivity contribution is 0.102. The Morgan fingerprint density at radius 3 is 2.52 bits per heavy atom. The first-order valence-electron chi connectivity index (χ1n) is 8.29. The van der Waals surface area contributed by atoms with Gasteiger partial charge in [-0.3, -0.25) is 4.79 Å². The van der Waals surface area contributed by atoms with E-state index in [0.717, 1.165) is 5.56 Å². The summed E-state index contributed by atoms with van der Waals surface area (Å²) in [5.41, 5.74) is 2.75. The maximum Gasteiger partial charge on any atom is 0.274 e. The lowest BCUT2D eigenvalue weighted by Gasteiger charge is -2.11. The Hall–Kier alpha value is -3.61. The fourth-order valence-electron chi connectivity index (χ4n) is 2.51. The molecule has 1 aromatic heterocycles. The molecule has 2 N–H and O–H groups in total. The number of methoxy groups -OCH3 is 2. The number of aromatic nitrogens is 2. The first kappa shape index (κ1) is 18.2. The molecule has 0 aliphatic heterocycles. The van der Waals surface area contributed by atoms with Gasteiger partial charge in [-0.25, -0.2) is 9.97 Å². The summed E-state index contributed by atoms with van der Waals surface area (Å²) in [4.78, 5) is 20.9. The van der Waals surface area contributed by atoms with Gasteiger partial charge >= 0.3 is 0 Å². The summed E-state index contributed by atoms with van der Waals surface area (Å²) in [5, 5.41) is 5.89. The molecule has 1 amide bonds. The molecule has 1 heterocycles. The Bertz CT molecular complexity index is 959. The largest absolute Gasteiger partial charge is 0.493 e. The van der Waals surface area contributed by atoms with Crippen LogP contribution in [0.15, 0.2) is 54.7 Å². The molecule has 138 valence electrons. The van der Waals surface area contributed by atoms with Gasteiger partial charge in [-0.1, -0.05) is 12.1 Å². The van der Waals surface area contributed by atoms with Gasteiger partial charge in [-0.2, -0.15) is 0 Å². The number of hydrogen-bond acceptors (Lipinski definition) is 6. The van der Waals surface area contributed by atoms with E-state index >= 15 is 0 Å². The molecule has 0 bridgehead atoms. The number of anilines is 3. The van der Waals surface area contributed by atoms with Crippen LogP contribution in [0.3, 0.4) is 0 Å². The normalized spacial score (nSPS) is 10.2. The summed E-state index contributed by atoms with van der Waals surface area (Å²) in [6, 6.07) is 14.5. The highest BCUT2D eigenvalue weighted by molar-refractivity contribution is 6.03. The Labute approximate surface area is 157 Å². The fourth-order valence-corrected chi connectivity index (χ4v) is 2.51. The minimum absolute atomic E-state index is 0.259. The molecule has 0 fully saturated rings. The van der Waals surface area contributed by atoms with Crippen LogP contribution in [0.1, 0.15) is 16.1 Å². The quantitative estimate of drug-likeness (QED) is 0.692. The molecule has 27 heavy (non-hydrogen) atoms. The number of ether oxygens (including phenoxy) is 2. The van der Waals surface area contributed by atoms with Crippen LogP contribution in [0, 0.1) is 6.92 Å². The van der Waals surface area contributed by atoms with Gasteiger partial charge in [0.1, 0.15) is 5.69 Å². The Balaban J connectivity index is 1.76. The number of nitrogens with one attached hydrogen (secondary N) is 2. The van der Waals surface area contributed by atoms with Crippen molar-refractivity contribution in [3.05, 3.63) is 66.0 Å². The number of aryl methyl sites for hydroxylation is 1. The van der Waals surface area contributed by atoms with Crippen molar-refractivity contribution in [3.8, 4) is 11.5 Å². The van der Waals surface area contributed by atoms with Crippen molar-refractivity contribution < 1.29 is 14.3 Å². The third-order valence-corrected chi connectivity index (χ3v) is 3.80. The van der Waals surface area contributed by atoms with Gasteiger partial charge in [0, 0.05) is 23.6 Å². The average molecular weight is 364 g/mol. The summed E-state index contributed by atoms with van der Waals surface area (Å²) < 4.78 is 10.5. The molecule has 0 atom stereocenters. The number of amides is 1. The van der Waals surface area contributed by atoms with E-state index in [1.165, 1.54) is 6.20 Å². The molecular weight excluding hydrogens is 344 g/mol. The first-order valence-corrected chi connectivity index (χ1v) is 8.29. The van der Waals surface area contributed by atoms with Crippen molar-refractivity contribution in [1.82, 2.24) is 9.97 Å². The number of rotatable bonds is 6. The predicted molar refractivity (Wildman–Crippen MR) is 104 cm³/mol. The minimum atomic E-state index is -0.307. The second kappa shape index (κ2) is 8.18. The second-order valence-electron chi connectivity index (χ2n) is 5.78. The second-order valence-corrected chi connectivity index (χ2v) is 5.78. The van der Waals surface area contributed by atoms with Crippen LogP contribution in [0.25, 0.3) is 0 Å². The predicted octanol–water partition coefficient (Wildman–Crippen LogP) is 3.80. The first-order chi connectivity index (χ1) is 13.1. The van der Waals surface area contributed by atoms with E-state index in [1.807, 2.05) is 37.3 Å². The molecule has 0 aliphatic carbocycles. The average Bonchev–Trinajstić information content (AvgIpc) is 2.68. The number of benzene rings is 2. The molecule has 2 aromatic carbocycles. The van der Waals surface area contributed by atoms with Crippen molar-refractivity contribution in [2.24, 2.45) is 0 Å². The van der Waals surface area contributed by atoms with Gasteiger partial charge in [-0.05, 0) is 42.8 Å². The molecule has 0 spiro atoms. The lowest BCUT2D eigenvalue weighted by atomic mass is 10.2. The molecular formula is C20H20N4O3. The van der Waals surface area contributed by atoms with Gasteiger partial charge in [0.05, 0.1) is 14.2 Å². The van der Waals surface area contributed by atoms with Crippen molar-refractivity contribution in [3.63, 3.8) is 0 Å². The van der Waals surface area contributed by atoms with Crippen LogP contribution >= 0.6 is 0 Å². The van der Waals surface area contributed by atoms with Gasteiger partial charge < -0.3 is 20.1 Å². The number of hydrogen-bond donors (Lipinski definition) is 2. The van der Waals surface area contributed by atoms with E-state index in [0.29, 0.717) is 28.8 Å². The highest BCUT2D eigenvalue weighted by Gasteiger charge is 2.11. The maximum absolute atomic E-state index is 12.4. The third-order valence-electron chi connectivity index (χ3n) is 3.80. The van der Waals surface area contributed by atoms with Crippen molar-refractivity contribution in [2.75, 3.05) is 24.9 Å². The van der Waals surface area contributed by atoms with E-state index < -0.39 is 0 Å². The summed E-state index contributed by atoms with van der Waals surface area (Å²) in [6.07, 6.45) is 1.53. The van der Waals surface area contributed by atoms with Crippen LogP contribution in [-0.2, 0) is 0 Å². The summed E-state index contributed by atoms with van der Waals surface area (Å²) in [5.74, 6) is 1.20. The summed E-state index contributed by atoms with van der Waals surface area (Å²) >= 11 is 0. The minimum Gasteiger partial charge on any atom is -0.493 e. The zero-order chi connectivity index (χ0) is 19.2. The van der Waals surface area contributed by atoms with Gasteiger partial charge in [0.2, 0.25) is 5.95 Å². The molecule has 3 aromatic rings. The monoisotopic (exact) mass is 364 g/mol. The van der Waals surface area contributed by atoms with Crippen LogP contribution in [-0.4, -0.2) is 30.1 Å². The van der Waals surface area contributed by atoms with E-state index in [1.54, 1.807) is 32.4 Å². The van der Waals surface area contributed by atoms with Gasteiger partial charge in [-0.15, -0.1) is 0 Å². The van der Waals surface area contributed by atoms with Crippen molar-refractivity contribution >= 4 is 23.2 Å². The van der Waals surface area contributed by atoms with E-state index in [2.05, 4.69) is 20.6 Å². The Kier molecular flexibility index (Phi) is 5.51. The van der Waals surface area contributed by atoms with E-state index in [9.17, 15) is 4.79 Å². The smallest absolute Gasteiger partial charge is 0.274 e. The lowest BCUT2D eigenvalue weighted by Crippen LogP contribution is -2.14. The van der Waals surface area contributed by atoms with Crippen molar-refractivity contribution in [1.29, 1.82) is 0 Å². The van der Waals surface area contributed by atoms with Crippen LogP contribution in [0.2, 0.25) is 0 Å². The van der Waals surface area contributed by atoms with Gasteiger partial charge in [0.25, 0.3) is 5.91 Å². The number of nitrogens with zero attached hydrogens (tertiary/aromatic N) is 2. The zero-order valence-electron chi connectivity index (χ0n) is 15.3. The fraction of sp³-hybridized carbons (Fsp3) is 0.150. The van der Waals surface area contributed by atoms with Crippen molar-refractivity contribution in [2.45, 2.75) is 6.92 Å². The molecule has 0 saturated carbocycles. The Morgan fingerprint density at radius 2 is 1.78 bits per heavy atom. The molecule has 3 rings (SSSR count).